The Labute approximate surface area is 184 Å². The molecule has 0 atom stereocenters. The summed E-state index contributed by atoms with van der Waals surface area (Å²) in [5.74, 6) is 1.61. The van der Waals surface area contributed by atoms with Gasteiger partial charge in [0.25, 0.3) is 0 Å². The molecule has 0 aliphatic heterocycles. The summed E-state index contributed by atoms with van der Waals surface area (Å²) in [6.45, 7) is 3.14. The van der Waals surface area contributed by atoms with Crippen LogP contribution in [0.3, 0.4) is 0 Å². The van der Waals surface area contributed by atoms with Gasteiger partial charge in [0.05, 0.1) is 5.56 Å². The summed E-state index contributed by atoms with van der Waals surface area (Å²) in [5.41, 5.74) is 6.92. The molecular weight excluding hydrogens is 386 g/mol. The molecule has 4 rings (SSSR count). The van der Waals surface area contributed by atoms with Crippen molar-refractivity contribution in [2.45, 2.75) is 58.0 Å². The number of rotatable bonds is 8. The summed E-state index contributed by atoms with van der Waals surface area (Å²) in [6.07, 6.45) is 9.36. The van der Waals surface area contributed by atoms with Gasteiger partial charge in [-0.05, 0) is 54.7 Å². The molecule has 5 heteroatoms. The number of primary amides is 1. The number of nitrogens with one attached hydrogen (secondary N) is 1. The van der Waals surface area contributed by atoms with Crippen LogP contribution in [0.15, 0.2) is 54.7 Å². The number of amides is 1. The summed E-state index contributed by atoms with van der Waals surface area (Å²) in [5, 5.41) is 6.01. The number of fused-ring (bicyclic) bond motifs is 1. The minimum Gasteiger partial charge on any atom is -0.438 e. The number of pyridine rings is 1. The third kappa shape index (κ3) is 5.23. The second kappa shape index (κ2) is 9.92. The van der Waals surface area contributed by atoms with Crippen LogP contribution in [0.25, 0.3) is 10.8 Å². The van der Waals surface area contributed by atoms with E-state index in [1.165, 1.54) is 55.7 Å². The first-order valence-electron chi connectivity index (χ1n) is 11.3. The number of ether oxygens (including phenoxy) is 1. The minimum absolute atomic E-state index is 0.363. The molecule has 3 N–H and O–H groups in total. The molecule has 2 aromatic carbocycles. The normalized spacial score (nSPS) is 18.7. The lowest BCUT2D eigenvalue weighted by atomic mass is 9.83. The summed E-state index contributed by atoms with van der Waals surface area (Å²) >= 11 is 0. The topological polar surface area (TPSA) is 77.2 Å². The first kappa shape index (κ1) is 21.3. The Bertz CT molecular complexity index is 1020. The van der Waals surface area contributed by atoms with Gasteiger partial charge in [0, 0.05) is 30.2 Å². The van der Waals surface area contributed by atoms with E-state index in [-0.39, 0.29) is 0 Å². The highest BCUT2D eigenvalue weighted by Gasteiger charge is 2.20. The fourth-order valence-corrected chi connectivity index (χ4v) is 4.59. The lowest BCUT2D eigenvalue weighted by molar-refractivity contribution is 0.1000. The highest BCUT2D eigenvalue weighted by molar-refractivity contribution is 5.92. The second-order valence-corrected chi connectivity index (χ2v) is 8.51. The molecule has 0 bridgehead atoms. The van der Waals surface area contributed by atoms with E-state index < -0.39 is 5.91 Å². The summed E-state index contributed by atoms with van der Waals surface area (Å²) in [7, 11) is 0. The van der Waals surface area contributed by atoms with E-state index >= 15 is 0 Å². The number of nitrogens with two attached hydrogens (primary N) is 1. The highest BCUT2D eigenvalue weighted by Crippen LogP contribution is 2.32. The molecular formula is C26H31N3O2. The van der Waals surface area contributed by atoms with E-state index in [2.05, 4.69) is 41.5 Å². The third-order valence-corrected chi connectivity index (χ3v) is 6.33. The fraction of sp³-hybridized carbons (Fsp3) is 0.385. The van der Waals surface area contributed by atoms with Gasteiger partial charge in [-0.3, -0.25) is 4.79 Å². The van der Waals surface area contributed by atoms with E-state index in [0.717, 1.165) is 23.6 Å². The predicted molar refractivity (Wildman–Crippen MR) is 124 cm³/mol. The third-order valence-electron chi connectivity index (χ3n) is 6.33. The molecule has 1 aliphatic rings. The van der Waals surface area contributed by atoms with Crippen LogP contribution in [0.2, 0.25) is 0 Å². The number of aromatic nitrogens is 1. The average Bonchev–Trinajstić information content (AvgIpc) is 2.80. The minimum atomic E-state index is -0.500. The predicted octanol–water partition coefficient (Wildman–Crippen LogP) is 5.57. The largest absolute Gasteiger partial charge is 0.438 e. The van der Waals surface area contributed by atoms with Gasteiger partial charge in [-0.2, -0.15) is 0 Å². The van der Waals surface area contributed by atoms with Gasteiger partial charge in [-0.25, -0.2) is 4.98 Å². The van der Waals surface area contributed by atoms with Crippen LogP contribution in [0.1, 0.15) is 61.4 Å². The van der Waals surface area contributed by atoms with Gasteiger partial charge in [-0.15, -0.1) is 0 Å². The second-order valence-electron chi connectivity index (χ2n) is 8.51. The molecule has 1 fully saturated rings. The number of nitrogens with zero attached hydrogens (tertiary/aromatic N) is 1. The van der Waals surface area contributed by atoms with Crippen molar-refractivity contribution in [3.05, 3.63) is 65.9 Å². The standard InChI is InChI=1S/C26H31N3O2/c1-2-5-18-8-12-21(13-9-18)28-16-19-10-14-24(23-7-4-3-6-22(19)23)31-25-15-11-20(17-29-25)26(27)30/h3-4,6-7,10-11,14-15,17-18,21,28H,2,5,8-9,12-13,16H2,1H3,(H2,27,30)/t18-,21-. The number of hydrogen-bond donors (Lipinski definition) is 2. The van der Waals surface area contributed by atoms with Crippen LogP contribution in [0.5, 0.6) is 11.6 Å². The Hall–Kier alpha value is -2.92. The number of benzene rings is 2. The molecule has 1 amide bonds. The van der Waals surface area contributed by atoms with Crippen LogP contribution in [0.4, 0.5) is 0 Å². The van der Waals surface area contributed by atoms with Crippen molar-refractivity contribution >= 4 is 16.7 Å². The van der Waals surface area contributed by atoms with Gasteiger partial charge >= 0.3 is 0 Å². The first-order valence-corrected chi connectivity index (χ1v) is 11.3. The number of hydrogen-bond acceptors (Lipinski definition) is 4. The quantitative estimate of drug-likeness (QED) is 0.502. The van der Waals surface area contributed by atoms with Gasteiger partial charge < -0.3 is 15.8 Å². The molecule has 5 nitrogen and oxygen atoms in total. The van der Waals surface area contributed by atoms with Gasteiger partial charge in [0.15, 0.2) is 0 Å². The van der Waals surface area contributed by atoms with Gasteiger partial charge in [0.1, 0.15) is 5.75 Å². The molecule has 1 heterocycles. The monoisotopic (exact) mass is 417 g/mol. The maximum atomic E-state index is 11.2. The molecule has 162 valence electrons. The number of carbonyl (C=O) groups excluding carboxylic acids is 1. The van der Waals surface area contributed by atoms with Gasteiger partial charge in [-0.1, -0.05) is 50.1 Å². The van der Waals surface area contributed by atoms with Crippen molar-refractivity contribution in [2.24, 2.45) is 11.7 Å². The summed E-state index contributed by atoms with van der Waals surface area (Å²) in [4.78, 5) is 15.4. The maximum absolute atomic E-state index is 11.2. The number of carbonyl (C=O) groups is 1. The Morgan fingerprint density at radius 1 is 1.06 bits per heavy atom. The van der Waals surface area contributed by atoms with Crippen molar-refractivity contribution in [3.8, 4) is 11.6 Å². The SMILES string of the molecule is CCC[C@H]1CC[C@H](NCc2ccc(Oc3ccc(C(N)=O)cn3)c3ccccc23)CC1. The summed E-state index contributed by atoms with van der Waals surface area (Å²) < 4.78 is 6.03. The Morgan fingerprint density at radius 3 is 2.52 bits per heavy atom. The Kier molecular flexibility index (Phi) is 6.82. The molecule has 1 saturated carbocycles. The van der Waals surface area contributed by atoms with Crippen molar-refractivity contribution in [3.63, 3.8) is 0 Å². The van der Waals surface area contributed by atoms with E-state index in [1.807, 2.05) is 12.1 Å². The van der Waals surface area contributed by atoms with Crippen molar-refractivity contribution < 1.29 is 9.53 Å². The van der Waals surface area contributed by atoms with Crippen LogP contribution < -0.4 is 15.8 Å². The van der Waals surface area contributed by atoms with Crippen molar-refractivity contribution in [1.29, 1.82) is 0 Å². The van der Waals surface area contributed by atoms with Crippen molar-refractivity contribution in [2.75, 3.05) is 0 Å². The Balaban J connectivity index is 1.46. The van der Waals surface area contributed by atoms with E-state index in [1.54, 1.807) is 12.1 Å². The lowest BCUT2D eigenvalue weighted by Gasteiger charge is -2.29. The molecule has 3 aromatic rings. The van der Waals surface area contributed by atoms with Crippen molar-refractivity contribution in [1.82, 2.24) is 10.3 Å². The molecule has 0 unspecified atom stereocenters. The molecule has 31 heavy (non-hydrogen) atoms. The van der Waals surface area contributed by atoms with Crippen LogP contribution >= 0.6 is 0 Å². The smallest absolute Gasteiger partial charge is 0.250 e. The maximum Gasteiger partial charge on any atom is 0.250 e. The van der Waals surface area contributed by atoms with E-state index in [4.69, 9.17) is 10.5 Å². The Morgan fingerprint density at radius 2 is 1.84 bits per heavy atom. The molecule has 1 aromatic heterocycles. The van der Waals surface area contributed by atoms with Gasteiger partial charge in [0.2, 0.25) is 11.8 Å². The molecule has 0 saturated heterocycles. The first-order chi connectivity index (χ1) is 15.1. The zero-order chi connectivity index (χ0) is 21.6. The van der Waals surface area contributed by atoms with Crippen LogP contribution in [-0.4, -0.2) is 16.9 Å². The van der Waals surface area contributed by atoms with E-state index in [0.29, 0.717) is 17.5 Å². The van der Waals surface area contributed by atoms with Crippen LogP contribution in [0, 0.1) is 5.92 Å². The van der Waals surface area contributed by atoms with Crippen LogP contribution in [-0.2, 0) is 6.54 Å². The molecule has 0 spiro atoms. The van der Waals surface area contributed by atoms with E-state index in [9.17, 15) is 4.79 Å². The lowest BCUT2D eigenvalue weighted by Crippen LogP contribution is -2.32. The average molecular weight is 418 g/mol. The zero-order valence-electron chi connectivity index (χ0n) is 18.1. The molecule has 1 aliphatic carbocycles. The fourth-order valence-electron chi connectivity index (χ4n) is 4.59. The summed E-state index contributed by atoms with van der Waals surface area (Å²) in [6, 6.07) is 16.3. The molecule has 0 radical (unpaired) electrons. The highest BCUT2D eigenvalue weighted by atomic mass is 16.5. The zero-order valence-corrected chi connectivity index (χ0v) is 18.1.